The van der Waals surface area contributed by atoms with E-state index in [1.807, 2.05) is 0 Å². The second kappa shape index (κ2) is 3.01. The number of rotatable bonds is 1. The highest BCUT2D eigenvalue weighted by Gasteiger charge is 2.16. The molecule has 0 aromatic heterocycles. The molecule has 1 N–H and O–H groups in total. The van der Waals surface area contributed by atoms with E-state index in [2.05, 4.69) is 5.32 Å². The quantitative estimate of drug-likeness (QED) is 0.658. The largest absolute Gasteiger partial charge is 0.384 e. The first-order valence-electron chi connectivity index (χ1n) is 4.17. The number of Topliss-reactive ketones (excluding diaryl/α,β-unsaturated/α-hetero) is 1. The number of aldehydes is 1. The Balaban J connectivity index is 2.53. The number of nitrogens with one attached hydrogen (secondary N) is 1. The van der Waals surface area contributed by atoms with Crippen LogP contribution >= 0.6 is 0 Å². The van der Waals surface area contributed by atoms with Crippen LogP contribution in [0.1, 0.15) is 27.1 Å². The number of anilines is 1. The highest BCUT2D eigenvalue weighted by molar-refractivity contribution is 6.04. The highest BCUT2D eigenvalue weighted by atomic mass is 16.1. The lowest BCUT2D eigenvalue weighted by Crippen LogP contribution is -2.17. The maximum Gasteiger partial charge on any atom is 0.166 e. The van der Waals surface area contributed by atoms with Gasteiger partial charge in [0.15, 0.2) is 5.78 Å². The molecule has 13 heavy (non-hydrogen) atoms. The van der Waals surface area contributed by atoms with Crippen LogP contribution in [-0.4, -0.2) is 18.6 Å². The Hall–Kier alpha value is -1.64. The van der Waals surface area contributed by atoms with Crippen LogP contribution in [0.3, 0.4) is 0 Å². The van der Waals surface area contributed by atoms with Crippen molar-refractivity contribution >= 4 is 17.8 Å². The summed E-state index contributed by atoms with van der Waals surface area (Å²) < 4.78 is 0. The van der Waals surface area contributed by atoms with Gasteiger partial charge in [0.2, 0.25) is 0 Å². The predicted octanol–water partition coefficient (Wildman–Crippen LogP) is 1.50. The van der Waals surface area contributed by atoms with Crippen LogP contribution in [0.5, 0.6) is 0 Å². The maximum absolute atomic E-state index is 11.4. The van der Waals surface area contributed by atoms with Crippen LogP contribution < -0.4 is 5.32 Å². The van der Waals surface area contributed by atoms with Gasteiger partial charge in [-0.05, 0) is 18.2 Å². The van der Waals surface area contributed by atoms with Gasteiger partial charge in [-0.15, -0.1) is 0 Å². The van der Waals surface area contributed by atoms with Gasteiger partial charge in [-0.25, -0.2) is 0 Å². The van der Waals surface area contributed by atoms with Crippen molar-refractivity contribution in [2.24, 2.45) is 0 Å². The predicted molar refractivity (Wildman–Crippen MR) is 49.3 cm³/mol. The van der Waals surface area contributed by atoms with Crippen LogP contribution in [0.2, 0.25) is 0 Å². The summed E-state index contributed by atoms with van der Waals surface area (Å²) in [7, 11) is 0. The fourth-order valence-corrected chi connectivity index (χ4v) is 1.47. The number of hydrogen-bond donors (Lipinski definition) is 1. The summed E-state index contributed by atoms with van der Waals surface area (Å²) in [6, 6.07) is 5.12. The summed E-state index contributed by atoms with van der Waals surface area (Å²) in [6.45, 7) is 0.687. The van der Waals surface area contributed by atoms with Gasteiger partial charge in [0, 0.05) is 29.8 Å². The fraction of sp³-hybridized carbons (Fsp3) is 0.200. The van der Waals surface area contributed by atoms with Crippen molar-refractivity contribution in [2.75, 3.05) is 11.9 Å². The molecule has 0 saturated heterocycles. The summed E-state index contributed by atoms with van der Waals surface area (Å²) in [5.74, 6) is 0.109. The molecule has 1 aromatic rings. The molecular formula is C10H9NO2. The van der Waals surface area contributed by atoms with Gasteiger partial charge >= 0.3 is 0 Å². The summed E-state index contributed by atoms with van der Waals surface area (Å²) in [5, 5.41) is 3.11. The Morgan fingerprint density at radius 3 is 3.00 bits per heavy atom. The molecule has 2 rings (SSSR count). The monoisotopic (exact) mass is 175 g/mol. The van der Waals surface area contributed by atoms with E-state index >= 15 is 0 Å². The zero-order valence-electron chi connectivity index (χ0n) is 7.04. The van der Waals surface area contributed by atoms with Gasteiger partial charge in [0.05, 0.1) is 0 Å². The molecule has 1 aliphatic rings. The Morgan fingerprint density at radius 2 is 2.23 bits per heavy atom. The normalized spacial score (nSPS) is 14.6. The minimum atomic E-state index is 0.109. The number of carbonyl (C=O) groups excluding carboxylic acids is 2. The second-order valence-corrected chi connectivity index (χ2v) is 3.02. The van der Waals surface area contributed by atoms with Gasteiger partial charge in [-0.1, -0.05) is 0 Å². The zero-order chi connectivity index (χ0) is 9.26. The van der Waals surface area contributed by atoms with E-state index < -0.39 is 0 Å². The van der Waals surface area contributed by atoms with Gasteiger partial charge in [0.25, 0.3) is 0 Å². The van der Waals surface area contributed by atoms with Crippen molar-refractivity contribution in [3.63, 3.8) is 0 Å². The highest BCUT2D eigenvalue weighted by Crippen LogP contribution is 2.22. The van der Waals surface area contributed by atoms with Gasteiger partial charge in [-0.2, -0.15) is 0 Å². The lowest BCUT2D eigenvalue weighted by atomic mass is 10.00. The molecule has 1 aromatic carbocycles. The summed E-state index contributed by atoms with van der Waals surface area (Å²) >= 11 is 0. The Morgan fingerprint density at radius 1 is 1.38 bits per heavy atom. The number of carbonyl (C=O) groups is 2. The van der Waals surface area contributed by atoms with Crippen molar-refractivity contribution in [1.82, 2.24) is 0 Å². The molecular weight excluding hydrogens is 166 g/mol. The summed E-state index contributed by atoms with van der Waals surface area (Å²) in [5.41, 5.74) is 2.02. The number of hydrogen-bond acceptors (Lipinski definition) is 3. The molecule has 0 spiro atoms. The third-order valence-electron chi connectivity index (χ3n) is 2.15. The average Bonchev–Trinajstić information content (AvgIpc) is 2.18. The first-order valence-corrected chi connectivity index (χ1v) is 4.17. The van der Waals surface area contributed by atoms with Gasteiger partial charge in [0.1, 0.15) is 6.29 Å². The molecule has 0 radical (unpaired) electrons. The van der Waals surface area contributed by atoms with E-state index in [1.165, 1.54) is 0 Å². The maximum atomic E-state index is 11.4. The minimum Gasteiger partial charge on any atom is -0.384 e. The minimum absolute atomic E-state index is 0.109. The van der Waals surface area contributed by atoms with Gasteiger partial charge in [-0.3, -0.25) is 9.59 Å². The molecule has 1 aliphatic heterocycles. The number of ketones is 1. The Bertz CT molecular complexity index is 371. The van der Waals surface area contributed by atoms with Crippen LogP contribution in [0.15, 0.2) is 18.2 Å². The molecule has 0 atom stereocenters. The fourth-order valence-electron chi connectivity index (χ4n) is 1.47. The van der Waals surface area contributed by atoms with Crippen LogP contribution in [0.25, 0.3) is 0 Å². The van der Waals surface area contributed by atoms with Crippen molar-refractivity contribution in [2.45, 2.75) is 6.42 Å². The summed E-state index contributed by atoms with van der Waals surface area (Å²) in [4.78, 5) is 21.9. The SMILES string of the molecule is O=Cc1ccc2c(c1)C(=O)CCN2. The molecule has 3 nitrogen and oxygen atoms in total. The van der Waals surface area contributed by atoms with Crippen molar-refractivity contribution in [3.05, 3.63) is 29.3 Å². The first kappa shape index (κ1) is 7.98. The molecule has 0 saturated carbocycles. The smallest absolute Gasteiger partial charge is 0.166 e. The van der Waals surface area contributed by atoms with E-state index in [9.17, 15) is 9.59 Å². The third-order valence-corrected chi connectivity index (χ3v) is 2.15. The topological polar surface area (TPSA) is 46.2 Å². The van der Waals surface area contributed by atoms with Crippen LogP contribution in [0.4, 0.5) is 5.69 Å². The first-order chi connectivity index (χ1) is 6.31. The molecule has 0 amide bonds. The molecule has 0 fully saturated rings. The standard InChI is InChI=1S/C10H9NO2/c12-6-7-1-2-9-8(5-7)10(13)3-4-11-9/h1-2,5-6,11H,3-4H2. The molecule has 1 heterocycles. The zero-order valence-corrected chi connectivity index (χ0v) is 7.04. The second-order valence-electron chi connectivity index (χ2n) is 3.02. The van der Waals surface area contributed by atoms with E-state index in [0.717, 1.165) is 12.0 Å². The summed E-state index contributed by atoms with van der Waals surface area (Å²) in [6.07, 6.45) is 1.26. The number of benzene rings is 1. The molecule has 66 valence electrons. The molecule has 0 unspecified atom stereocenters. The van der Waals surface area contributed by atoms with Crippen LogP contribution in [-0.2, 0) is 0 Å². The van der Waals surface area contributed by atoms with Crippen molar-refractivity contribution < 1.29 is 9.59 Å². The molecule has 0 aliphatic carbocycles. The van der Waals surface area contributed by atoms with Crippen molar-refractivity contribution in [3.8, 4) is 0 Å². The lowest BCUT2D eigenvalue weighted by Gasteiger charge is -2.16. The Labute approximate surface area is 75.8 Å². The van der Waals surface area contributed by atoms with E-state index in [4.69, 9.17) is 0 Å². The molecule has 3 heteroatoms. The molecule has 0 bridgehead atoms. The third kappa shape index (κ3) is 1.33. The van der Waals surface area contributed by atoms with E-state index in [0.29, 0.717) is 24.1 Å². The van der Waals surface area contributed by atoms with E-state index in [1.54, 1.807) is 18.2 Å². The average molecular weight is 175 g/mol. The number of fused-ring (bicyclic) bond motifs is 1. The van der Waals surface area contributed by atoms with Crippen molar-refractivity contribution in [1.29, 1.82) is 0 Å². The van der Waals surface area contributed by atoms with Gasteiger partial charge < -0.3 is 5.32 Å². The lowest BCUT2D eigenvalue weighted by molar-refractivity contribution is 0.0983. The van der Waals surface area contributed by atoms with E-state index in [-0.39, 0.29) is 5.78 Å². The van der Waals surface area contributed by atoms with Crippen LogP contribution in [0, 0.1) is 0 Å². The Kier molecular flexibility index (Phi) is 1.85.